The van der Waals surface area contributed by atoms with E-state index in [-0.39, 0.29) is 0 Å². The van der Waals surface area contributed by atoms with Gasteiger partial charge in [-0.25, -0.2) is 4.79 Å². The summed E-state index contributed by atoms with van der Waals surface area (Å²) >= 11 is 0. The molecule has 0 unspecified atom stereocenters. The zero-order valence-electron chi connectivity index (χ0n) is 7.36. The summed E-state index contributed by atoms with van der Waals surface area (Å²) in [5.74, 6) is -1.01. The van der Waals surface area contributed by atoms with Crippen LogP contribution in [-0.4, -0.2) is 22.3 Å². The van der Waals surface area contributed by atoms with Crippen LogP contribution >= 0.6 is 0 Å². The number of carboxylic acid groups (broad SMARTS) is 1. The predicted molar refractivity (Wildman–Crippen MR) is 46.9 cm³/mol. The molecule has 0 amide bonds. The van der Waals surface area contributed by atoms with Gasteiger partial charge in [0.2, 0.25) is 0 Å². The molecule has 0 fully saturated rings. The fourth-order valence-electron chi connectivity index (χ4n) is 0.893. The first-order valence-electron chi connectivity index (χ1n) is 4.26. The Morgan fingerprint density at radius 2 is 2.17 bits per heavy atom. The highest BCUT2D eigenvalue weighted by Gasteiger charge is 1.98. The van der Waals surface area contributed by atoms with Crippen molar-refractivity contribution in [2.24, 2.45) is 0 Å². The number of rotatable bonds is 6. The molecule has 0 aliphatic carbocycles. The lowest BCUT2D eigenvalue weighted by Gasteiger charge is -2.02. The van der Waals surface area contributed by atoms with Gasteiger partial charge < -0.3 is 10.2 Å². The van der Waals surface area contributed by atoms with Crippen molar-refractivity contribution in [3.63, 3.8) is 0 Å². The third-order valence-electron chi connectivity index (χ3n) is 1.56. The van der Waals surface area contributed by atoms with Crippen LogP contribution in [0.15, 0.2) is 12.2 Å². The molecule has 0 saturated heterocycles. The molecule has 1 atom stereocenters. The van der Waals surface area contributed by atoms with Gasteiger partial charge in [0.1, 0.15) is 0 Å². The van der Waals surface area contributed by atoms with E-state index in [9.17, 15) is 9.90 Å². The Hall–Kier alpha value is -0.830. The number of hydrogen-bond donors (Lipinski definition) is 2. The van der Waals surface area contributed by atoms with Crippen molar-refractivity contribution in [1.29, 1.82) is 0 Å². The summed E-state index contributed by atoms with van der Waals surface area (Å²) < 4.78 is 0. The van der Waals surface area contributed by atoms with Crippen molar-refractivity contribution in [2.45, 2.75) is 38.7 Å². The van der Waals surface area contributed by atoms with E-state index in [0.717, 1.165) is 25.3 Å². The van der Waals surface area contributed by atoms with Crippen LogP contribution in [0, 0.1) is 0 Å². The molecular weight excluding hydrogens is 156 g/mol. The Morgan fingerprint density at radius 3 is 2.67 bits per heavy atom. The Bertz CT molecular complexity index is 152. The number of carboxylic acids is 1. The molecule has 0 aromatic carbocycles. The van der Waals surface area contributed by atoms with E-state index < -0.39 is 12.1 Å². The molecule has 3 nitrogen and oxygen atoms in total. The summed E-state index contributed by atoms with van der Waals surface area (Å²) in [5.41, 5.74) is 0. The molecule has 0 aliphatic rings. The molecule has 0 spiro atoms. The van der Waals surface area contributed by atoms with Crippen molar-refractivity contribution >= 4 is 5.97 Å². The molecule has 0 aliphatic heterocycles. The molecule has 0 saturated carbocycles. The molecule has 0 bridgehead atoms. The standard InChI is InChI=1S/C9H16O3/c1-2-3-4-5-8(10)6-7-9(11)12/h6-8,10H,2-5H2,1H3,(H,11,12)/b7-6+/t8-/m0/s1. The first kappa shape index (κ1) is 11.2. The maximum Gasteiger partial charge on any atom is 0.328 e. The third-order valence-corrected chi connectivity index (χ3v) is 1.56. The van der Waals surface area contributed by atoms with Gasteiger partial charge in [-0.3, -0.25) is 0 Å². The second kappa shape index (κ2) is 6.85. The Kier molecular flexibility index (Phi) is 6.38. The van der Waals surface area contributed by atoms with E-state index >= 15 is 0 Å². The van der Waals surface area contributed by atoms with Crippen LogP contribution < -0.4 is 0 Å². The summed E-state index contributed by atoms with van der Waals surface area (Å²) in [6.45, 7) is 2.08. The molecule has 70 valence electrons. The van der Waals surface area contributed by atoms with Gasteiger partial charge in [0.25, 0.3) is 0 Å². The average Bonchev–Trinajstić information content (AvgIpc) is 2.01. The molecule has 0 radical (unpaired) electrons. The number of aliphatic carboxylic acids is 1. The third kappa shape index (κ3) is 7.28. The zero-order chi connectivity index (χ0) is 9.40. The first-order chi connectivity index (χ1) is 5.66. The zero-order valence-corrected chi connectivity index (χ0v) is 7.36. The summed E-state index contributed by atoms with van der Waals surface area (Å²) in [5, 5.41) is 17.4. The molecule has 12 heavy (non-hydrogen) atoms. The van der Waals surface area contributed by atoms with Crippen molar-refractivity contribution in [3.05, 3.63) is 12.2 Å². The average molecular weight is 172 g/mol. The summed E-state index contributed by atoms with van der Waals surface area (Å²) in [6, 6.07) is 0. The molecule has 0 aromatic heterocycles. The van der Waals surface area contributed by atoms with Crippen LogP contribution in [0.5, 0.6) is 0 Å². The van der Waals surface area contributed by atoms with Gasteiger partial charge in [0, 0.05) is 6.08 Å². The number of carbonyl (C=O) groups is 1. The quantitative estimate of drug-likeness (QED) is 0.472. The molecule has 0 heterocycles. The van der Waals surface area contributed by atoms with Crippen molar-refractivity contribution < 1.29 is 15.0 Å². The number of hydrogen-bond acceptors (Lipinski definition) is 2. The lowest BCUT2D eigenvalue weighted by molar-refractivity contribution is -0.131. The van der Waals surface area contributed by atoms with Gasteiger partial charge in [-0.05, 0) is 12.5 Å². The fourth-order valence-corrected chi connectivity index (χ4v) is 0.893. The number of aliphatic hydroxyl groups is 1. The maximum atomic E-state index is 10.0. The molecule has 3 heteroatoms. The van der Waals surface area contributed by atoms with E-state index in [1.165, 1.54) is 6.08 Å². The minimum Gasteiger partial charge on any atom is -0.478 e. The smallest absolute Gasteiger partial charge is 0.328 e. The van der Waals surface area contributed by atoms with Crippen molar-refractivity contribution in [3.8, 4) is 0 Å². The van der Waals surface area contributed by atoms with Crippen LogP contribution in [0.1, 0.15) is 32.6 Å². The minimum absolute atomic E-state index is 0.604. The van der Waals surface area contributed by atoms with Gasteiger partial charge in [-0.15, -0.1) is 0 Å². The minimum atomic E-state index is -1.01. The van der Waals surface area contributed by atoms with Gasteiger partial charge in [0.15, 0.2) is 0 Å². The highest BCUT2D eigenvalue weighted by atomic mass is 16.4. The topological polar surface area (TPSA) is 57.5 Å². The monoisotopic (exact) mass is 172 g/mol. The van der Waals surface area contributed by atoms with Crippen LogP contribution in [0.2, 0.25) is 0 Å². The molecular formula is C9H16O3. The lowest BCUT2D eigenvalue weighted by Crippen LogP contribution is -2.02. The van der Waals surface area contributed by atoms with Crippen LogP contribution in [0.25, 0.3) is 0 Å². The van der Waals surface area contributed by atoms with Crippen molar-refractivity contribution in [1.82, 2.24) is 0 Å². The van der Waals surface area contributed by atoms with Gasteiger partial charge >= 0.3 is 5.97 Å². The summed E-state index contributed by atoms with van der Waals surface area (Å²) in [6.07, 6.45) is 5.48. The van der Waals surface area contributed by atoms with Crippen LogP contribution in [0.3, 0.4) is 0 Å². The fraction of sp³-hybridized carbons (Fsp3) is 0.667. The lowest BCUT2D eigenvalue weighted by atomic mass is 10.1. The summed E-state index contributed by atoms with van der Waals surface area (Å²) in [7, 11) is 0. The molecule has 0 rings (SSSR count). The Balaban J connectivity index is 3.45. The van der Waals surface area contributed by atoms with Gasteiger partial charge in [0.05, 0.1) is 6.10 Å². The normalized spacial score (nSPS) is 13.5. The second-order valence-electron chi connectivity index (χ2n) is 2.76. The largest absolute Gasteiger partial charge is 0.478 e. The van der Waals surface area contributed by atoms with Crippen LogP contribution in [0.4, 0.5) is 0 Å². The maximum absolute atomic E-state index is 10.0. The summed E-state index contributed by atoms with van der Waals surface area (Å²) in [4.78, 5) is 10.0. The van der Waals surface area contributed by atoms with E-state index in [2.05, 4.69) is 6.92 Å². The Morgan fingerprint density at radius 1 is 1.50 bits per heavy atom. The van der Waals surface area contributed by atoms with E-state index in [1.807, 2.05) is 0 Å². The molecule has 0 aromatic rings. The van der Waals surface area contributed by atoms with E-state index in [0.29, 0.717) is 6.42 Å². The van der Waals surface area contributed by atoms with E-state index in [1.54, 1.807) is 0 Å². The first-order valence-corrected chi connectivity index (χ1v) is 4.26. The number of unbranched alkanes of at least 4 members (excludes halogenated alkanes) is 2. The van der Waals surface area contributed by atoms with Crippen molar-refractivity contribution in [2.75, 3.05) is 0 Å². The van der Waals surface area contributed by atoms with E-state index in [4.69, 9.17) is 5.11 Å². The predicted octanol–water partition coefficient (Wildman–Crippen LogP) is 1.57. The SMILES string of the molecule is CCCCC[C@H](O)/C=C/C(=O)O. The Labute approximate surface area is 72.7 Å². The molecule has 2 N–H and O–H groups in total. The van der Waals surface area contributed by atoms with Gasteiger partial charge in [-0.2, -0.15) is 0 Å². The van der Waals surface area contributed by atoms with Gasteiger partial charge in [-0.1, -0.05) is 26.2 Å². The second-order valence-corrected chi connectivity index (χ2v) is 2.76. The van der Waals surface area contributed by atoms with Crippen LogP contribution in [-0.2, 0) is 4.79 Å². The highest BCUT2D eigenvalue weighted by Crippen LogP contribution is 2.03. The number of aliphatic hydroxyl groups excluding tert-OH is 1. The highest BCUT2D eigenvalue weighted by molar-refractivity contribution is 5.79.